The summed E-state index contributed by atoms with van der Waals surface area (Å²) in [5.74, 6) is 0. The topological polar surface area (TPSA) is 55.2 Å². The maximum absolute atomic E-state index is 12.8. The zero-order chi connectivity index (χ0) is 17.2. The third-order valence-electron chi connectivity index (χ3n) is 3.23. The lowest BCUT2D eigenvalue weighted by Crippen LogP contribution is -2.08. The van der Waals surface area contributed by atoms with E-state index in [1.54, 1.807) is 12.1 Å². The predicted octanol–water partition coefficient (Wildman–Crippen LogP) is 5.57. The van der Waals surface area contributed by atoms with E-state index in [1.807, 2.05) is 19.1 Å². The van der Waals surface area contributed by atoms with E-state index in [0.717, 1.165) is 18.1 Å². The van der Waals surface area contributed by atoms with E-state index in [9.17, 15) is 23.3 Å². The highest BCUT2D eigenvalue weighted by Gasteiger charge is 2.36. The molecule has 0 aliphatic rings. The summed E-state index contributed by atoms with van der Waals surface area (Å²) < 4.78 is 38.4. The number of nitro benzene ring substituents is 1. The minimum atomic E-state index is -4.76. The van der Waals surface area contributed by atoms with Gasteiger partial charge in [-0.1, -0.05) is 30.7 Å². The van der Waals surface area contributed by atoms with E-state index >= 15 is 0 Å². The fourth-order valence-corrected chi connectivity index (χ4v) is 2.28. The Morgan fingerprint density at radius 3 is 2.30 bits per heavy atom. The number of alkyl halides is 3. The Bertz CT molecular complexity index is 731. The molecule has 23 heavy (non-hydrogen) atoms. The summed E-state index contributed by atoms with van der Waals surface area (Å²) >= 11 is 5.62. The molecular formula is C15H12ClF3N2O2. The maximum Gasteiger partial charge on any atom is 0.418 e. The fraction of sp³-hybridized carbons (Fsp3) is 0.200. The quantitative estimate of drug-likeness (QED) is 0.582. The molecule has 2 aromatic rings. The number of rotatable bonds is 4. The van der Waals surface area contributed by atoms with Gasteiger partial charge in [-0.15, -0.1) is 0 Å². The summed E-state index contributed by atoms with van der Waals surface area (Å²) in [6.45, 7) is 1.98. The van der Waals surface area contributed by atoms with Crippen molar-refractivity contribution in [2.24, 2.45) is 0 Å². The van der Waals surface area contributed by atoms with Crippen LogP contribution >= 0.6 is 11.6 Å². The van der Waals surface area contributed by atoms with Crippen LogP contribution in [-0.2, 0) is 12.6 Å². The predicted molar refractivity (Wildman–Crippen MR) is 82.2 cm³/mol. The Morgan fingerprint density at radius 2 is 1.83 bits per heavy atom. The molecule has 0 spiro atoms. The number of benzene rings is 2. The zero-order valence-electron chi connectivity index (χ0n) is 11.9. The molecule has 0 fully saturated rings. The Balaban J connectivity index is 2.44. The van der Waals surface area contributed by atoms with Crippen LogP contribution in [0.25, 0.3) is 0 Å². The molecular weight excluding hydrogens is 333 g/mol. The lowest BCUT2D eigenvalue weighted by molar-refractivity contribution is -0.384. The molecule has 0 saturated carbocycles. The summed E-state index contributed by atoms with van der Waals surface area (Å²) in [6, 6.07) is 8.36. The average Bonchev–Trinajstić information content (AvgIpc) is 2.46. The molecule has 122 valence electrons. The standard InChI is InChI=1S/C15H12ClF3N2O2/c1-2-9-3-5-10(6-4-9)20-13-8-12(16)11(15(17,18)19)7-14(13)21(22)23/h3-8,20H,2H2,1H3. The molecule has 0 saturated heterocycles. The summed E-state index contributed by atoms with van der Waals surface area (Å²) in [7, 11) is 0. The molecule has 0 atom stereocenters. The van der Waals surface area contributed by atoms with Crippen LogP contribution in [0.4, 0.5) is 30.2 Å². The van der Waals surface area contributed by atoms with Crippen molar-refractivity contribution in [2.75, 3.05) is 5.32 Å². The molecule has 4 nitrogen and oxygen atoms in total. The third kappa shape index (κ3) is 3.92. The molecule has 8 heteroatoms. The van der Waals surface area contributed by atoms with Gasteiger partial charge in [0.05, 0.1) is 15.5 Å². The summed E-state index contributed by atoms with van der Waals surface area (Å²) in [5, 5.41) is 13.2. The molecule has 0 aliphatic heterocycles. The number of halogens is 4. The molecule has 0 radical (unpaired) electrons. The van der Waals surface area contributed by atoms with Gasteiger partial charge in [-0.05, 0) is 30.2 Å². The van der Waals surface area contributed by atoms with Gasteiger partial charge < -0.3 is 5.32 Å². The maximum atomic E-state index is 12.8. The minimum Gasteiger partial charge on any atom is -0.350 e. The molecule has 2 rings (SSSR count). The Labute approximate surface area is 135 Å². The first-order chi connectivity index (χ1) is 10.7. The molecule has 0 heterocycles. The number of hydrogen-bond acceptors (Lipinski definition) is 3. The van der Waals surface area contributed by atoms with Crippen LogP contribution in [0.5, 0.6) is 0 Å². The molecule has 0 amide bonds. The van der Waals surface area contributed by atoms with Gasteiger partial charge in [0, 0.05) is 11.8 Å². The monoisotopic (exact) mass is 344 g/mol. The van der Waals surface area contributed by atoms with Gasteiger partial charge in [-0.2, -0.15) is 13.2 Å². The number of nitrogens with zero attached hydrogens (tertiary/aromatic N) is 1. The highest BCUT2D eigenvalue weighted by molar-refractivity contribution is 6.31. The first kappa shape index (κ1) is 17.1. The van der Waals surface area contributed by atoms with E-state index in [-0.39, 0.29) is 5.69 Å². The van der Waals surface area contributed by atoms with E-state index < -0.39 is 27.4 Å². The van der Waals surface area contributed by atoms with Crippen LogP contribution in [0.15, 0.2) is 36.4 Å². The normalized spacial score (nSPS) is 11.3. The number of aryl methyl sites for hydroxylation is 1. The molecule has 0 aromatic heterocycles. The van der Waals surface area contributed by atoms with Crippen molar-refractivity contribution in [3.8, 4) is 0 Å². The van der Waals surface area contributed by atoms with Crippen LogP contribution < -0.4 is 5.32 Å². The average molecular weight is 345 g/mol. The van der Waals surface area contributed by atoms with Crippen molar-refractivity contribution < 1.29 is 18.1 Å². The largest absolute Gasteiger partial charge is 0.418 e. The third-order valence-corrected chi connectivity index (χ3v) is 3.54. The molecule has 0 aliphatic carbocycles. The summed E-state index contributed by atoms with van der Waals surface area (Å²) in [4.78, 5) is 10.2. The second-order valence-corrected chi connectivity index (χ2v) is 5.19. The van der Waals surface area contributed by atoms with Crippen molar-refractivity contribution in [2.45, 2.75) is 19.5 Å². The molecule has 1 N–H and O–H groups in total. The van der Waals surface area contributed by atoms with Gasteiger partial charge in [-0.3, -0.25) is 10.1 Å². The number of hydrogen-bond donors (Lipinski definition) is 1. The number of nitro groups is 1. The van der Waals surface area contributed by atoms with Crippen molar-refractivity contribution in [1.29, 1.82) is 0 Å². The van der Waals surface area contributed by atoms with E-state index in [1.165, 1.54) is 0 Å². The van der Waals surface area contributed by atoms with Crippen LogP contribution in [0.2, 0.25) is 5.02 Å². The van der Waals surface area contributed by atoms with Gasteiger partial charge in [0.25, 0.3) is 5.69 Å². The first-order valence-corrected chi connectivity index (χ1v) is 7.01. The van der Waals surface area contributed by atoms with Crippen molar-refractivity contribution in [1.82, 2.24) is 0 Å². The van der Waals surface area contributed by atoms with Crippen LogP contribution in [0, 0.1) is 10.1 Å². The van der Waals surface area contributed by atoms with Gasteiger partial charge in [0.2, 0.25) is 0 Å². The second-order valence-electron chi connectivity index (χ2n) is 4.78. The molecule has 0 unspecified atom stereocenters. The summed E-state index contributed by atoms with van der Waals surface area (Å²) in [5.41, 5.74) is -0.451. The highest BCUT2D eigenvalue weighted by atomic mass is 35.5. The van der Waals surface area contributed by atoms with Crippen molar-refractivity contribution >= 4 is 28.7 Å². The fourth-order valence-electron chi connectivity index (χ4n) is 2.01. The Kier molecular flexibility index (Phi) is 4.79. The SMILES string of the molecule is CCc1ccc(Nc2cc(Cl)c(C(F)(F)F)cc2[N+](=O)[O-])cc1. The van der Waals surface area contributed by atoms with Crippen LogP contribution in [-0.4, -0.2) is 4.92 Å². The highest BCUT2D eigenvalue weighted by Crippen LogP contribution is 2.41. The van der Waals surface area contributed by atoms with Crippen molar-refractivity contribution in [3.05, 3.63) is 62.7 Å². The smallest absolute Gasteiger partial charge is 0.350 e. The second kappa shape index (κ2) is 6.45. The van der Waals surface area contributed by atoms with Crippen molar-refractivity contribution in [3.63, 3.8) is 0 Å². The van der Waals surface area contributed by atoms with Gasteiger partial charge in [0.15, 0.2) is 0 Å². The lowest BCUT2D eigenvalue weighted by atomic mass is 10.1. The van der Waals surface area contributed by atoms with E-state index in [0.29, 0.717) is 11.8 Å². The Morgan fingerprint density at radius 1 is 1.22 bits per heavy atom. The van der Waals surface area contributed by atoms with Gasteiger partial charge in [-0.25, -0.2) is 0 Å². The van der Waals surface area contributed by atoms with E-state index in [2.05, 4.69) is 5.32 Å². The molecule has 2 aromatic carbocycles. The van der Waals surface area contributed by atoms with Gasteiger partial charge >= 0.3 is 6.18 Å². The lowest BCUT2D eigenvalue weighted by Gasteiger charge is -2.13. The van der Waals surface area contributed by atoms with Crippen LogP contribution in [0.3, 0.4) is 0 Å². The first-order valence-electron chi connectivity index (χ1n) is 6.63. The Hall–Kier alpha value is -2.28. The van der Waals surface area contributed by atoms with E-state index in [4.69, 9.17) is 11.6 Å². The number of nitrogens with one attached hydrogen (secondary N) is 1. The van der Waals surface area contributed by atoms with Gasteiger partial charge in [0.1, 0.15) is 5.69 Å². The molecule has 0 bridgehead atoms. The minimum absolute atomic E-state index is 0.0998. The summed E-state index contributed by atoms with van der Waals surface area (Å²) in [6.07, 6.45) is -3.93. The van der Waals surface area contributed by atoms with Crippen LogP contribution in [0.1, 0.15) is 18.1 Å². The number of anilines is 2. The zero-order valence-corrected chi connectivity index (χ0v) is 12.7.